The average molecular weight is 346 g/mol. The minimum Gasteiger partial charge on any atom is -0.417 e. The van der Waals surface area contributed by atoms with E-state index in [1.807, 2.05) is 18.2 Å². The van der Waals surface area contributed by atoms with E-state index < -0.39 is 3.79 Å². The van der Waals surface area contributed by atoms with Gasteiger partial charge in [0.1, 0.15) is 0 Å². The smallest absolute Gasteiger partial charge is 0.268 e. The van der Waals surface area contributed by atoms with Crippen LogP contribution in [-0.2, 0) is 3.79 Å². The Morgan fingerprint density at radius 1 is 1.10 bits per heavy atom. The molecule has 0 unspecified atom stereocenters. The van der Waals surface area contributed by atoms with Gasteiger partial charge in [-0.05, 0) is 23.6 Å². The van der Waals surface area contributed by atoms with Crippen molar-refractivity contribution >= 4 is 68.4 Å². The Bertz CT molecular complexity index is 740. The second kappa shape index (κ2) is 5.37. The van der Waals surface area contributed by atoms with Gasteiger partial charge in [0.05, 0.1) is 0 Å². The first-order chi connectivity index (χ1) is 9.52. The standard InChI is InChI=1S/C13H7Cl3N2OS/c14-13(15,16)12-18-17-11(19-12)6-5-9-7-8-3-1-2-4-10(8)20-9/h1-7H. The van der Waals surface area contributed by atoms with Crippen molar-refractivity contribution in [3.05, 3.63) is 47.0 Å². The summed E-state index contributed by atoms with van der Waals surface area (Å²) < 4.78 is 4.77. The highest BCUT2D eigenvalue weighted by Crippen LogP contribution is 2.37. The van der Waals surface area contributed by atoms with Crippen LogP contribution in [0.3, 0.4) is 0 Å². The van der Waals surface area contributed by atoms with Crippen molar-refractivity contribution in [2.75, 3.05) is 0 Å². The molecule has 0 spiro atoms. The molecule has 0 aliphatic heterocycles. The maximum absolute atomic E-state index is 5.66. The fraction of sp³-hybridized carbons (Fsp3) is 0.0769. The topological polar surface area (TPSA) is 38.9 Å². The minimum absolute atomic E-state index is 0.0431. The van der Waals surface area contributed by atoms with Crippen LogP contribution in [0.4, 0.5) is 0 Å². The monoisotopic (exact) mass is 344 g/mol. The van der Waals surface area contributed by atoms with E-state index in [0.29, 0.717) is 5.89 Å². The number of hydrogen-bond acceptors (Lipinski definition) is 4. The van der Waals surface area contributed by atoms with Gasteiger partial charge in [-0.15, -0.1) is 21.5 Å². The van der Waals surface area contributed by atoms with Crippen LogP contribution in [0.1, 0.15) is 16.7 Å². The van der Waals surface area contributed by atoms with E-state index in [9.17, 15) is 0 Å². The summed E-state index contributed by atoms with van der Waals surface area (Å²) in [7, 11) is 0. The molecule has 1 aromatic carbocycles. The van der Waals surface area contributed by atoms with Gasteiger partial charge in [0.2, 0.25) is 5.89 Å². The summed E-state index contributed by atoms with van der Waals surface area (Å²) in [5.41, 5.74) is 0. The molecule has 0 aliphatic carbocycles. The number of thiophene rings is 1. The first-order valence-corrected chi connectivity index (χ1v) is 7.55. The van der Waals surface area contributed by atoms with E-state index in [1.54, 1.807) is 17.4 Å². The second-order valence-corrected chi connectivity index (χ2v) is 7.36. The molecular weight excluding hydrogens is 339 g/mol. The molecule has 0 fully saturated rings. The van der Waals surface area contributed by atoms with Crippen LogP contribution < -0.4 is 0 Å². The van der Waals surface area contributed by atoms with E-state index in [2.05, 4.69) is 28.4 Å². The highest BCUT2D eigenvalue weighted by molar-refractivity contribution is 7.19. The van der Waals surface area contributed by atoms with E-state index in [4.69, 9.17) is 39.2 Å². The molecule has 0 aliphatic rings. The van der Waals surface area contributed by atoms with Gasteiger partial charge in [0.15, 0.2) is 0 Å². The summed E-state index contributed by atoms with van der Waals surface area (Å²) >= 11 is 18.6. The molecule has 102 valence electrons. The Hall–Kier alpha value is -1.07. The number of hydrogen-bond donors (Lipinski definition) is 0. The zero-order chi connectivity index (χ0) is 14.2. The lowest BCUT2D eigenvalue weighted by atomic mass is 10.2. The van der Waals surface area contributed by atoms with Crippen LogP contribution in [0.15, 0.2) is 34.7 Å². The van der Waals surface area contributed by atoms with Crippen LogP contribution in [0, 0.1) is 0 Å². The molecule has 3 aromatic rings. The van der Waals surface area contributed by atoms with Gasteiger partial charge in [-0.3, -0.25) is 0 Å². The summed E-state index contributed by atoms with van der Waals surface area (Å²) in [5, 5.41) is 8.68. The van der Waals surface area contributed by atoms with Crippen LogP contribution in [0.2, 0.25) is 0 Å². The molecule has 3 rings (SSSR count). The SMILES string of the molecule is ClC(Cl)(Cl)c1nnc(C=Cc2cc3ccccc3s2)o1. The first-order valence-electron chi connectivity index (χ1n) is 5.60. The van der Waals surface area contributed by atoms with Crippen molar-refractivity contribution in [2.24, 2.45) is 0 Å². The summed E-state index contributed by atoms with van der Waals surface area (Å²) in [6.45, 7) is 0. The Balaban J connectivity index is 1.85. The Morgan fingerprint density at radius 2 is 1.90 bits per heavy atom. The molecule has 0 radical (unpaired) electrons. The zero-order valence-electron chi connectivity index (χ0n) is 9.89. The second-order valence-electron chi connectivity index (χ2n) is 3.96. The third-order valence-electron chi connectivity index (χ3n) is 2.52. The van der Waals surface area contributed by atoms with Crippen LogP contribution in [0.5, 0.6) is 0 Å². The van der Waals surface area contributed by atoms with Gasteiger partial charge in [-0.1, -0.05) is 53.0 Å². The summed E-state index contributed by atoms with van der Waals surface area (Å²) in [6.07, 6.45) is 3.58. The van der Waals surface area contributed by atoms with E-state index in [1.165, 1.54) is 10.1 Å². The van der Waals surface area contributed by atoms with Gasteiger partial charge < -0.3 is 4.42 Å². The molecule has 0 atom stereocenters. The van der Waals surface area contributed by atoms with Gasteiger partial charge in [-0.2, -0.15) is 0 Å². The molecule has 0 amide bonds. The van der Waals surface area contributed by atoms with E-state index >= 15 is 0 Å². The lowest BCUT2D eigenvalue weighted by Crippen LogP contribution is -1.99. The molecule has 7 heteroatoms. The van der Waals surface area contributed by atoms with Gasteiger partial charge in [0.25, 0.3) is 9.68 Å². The minimum atomic E-state index is -1.70. The summed E-state index contributed by atoms with van der Waals surface area (Å²) in [6, 6.07) is 10.2. The van der Waals surface area contributed by atoms with Crippen molar-refractivity contribution in [1.29, 1.82) is 0 Å². The number of nitrogens with zero attached hydrogens (tertiary/aromatic N) is 2. The molecular formula is C13H7Cl3N2OS. The van der Waals surface area contributed by atoms with Gasteiger partial charge >= 0.3 is 0 Å². The Morgan fingerprint density at radius 3 is 2.60 bits per heavy atom. The maximum atomic E-state index is 5.66. The highest BCUT2D eigenvalue weighted by atomic mass is 35.6. The number of aromatic nitrogens is 2. The van der Waals surface area contributed by atoms with Crippen molar-refractivity contribution in [1.82, 2.24) is 10.2 Å². The number of alkyl halides is 3. The zero-order valence-corrected chi connectivity index (χ0v) is 13.0. The third-order valence-corrected chi connectivity index (χ3v) is 4.08. The Kier molecular flexibility index (Phi) is 3.73. The average Bonchev–Trinajstić information content (AvgIpc) is 3.02. The van der Waals surface area contributed by atoms with Crippen molar-refractivity contribution in [3.63, 3.8) is 0 Å². The van der Waals surface area contributed by atoms with Crippen molar-refractivity contribution < 1.29 is 4.42 Å². The van der Waals surface area contributed by atoms with Crippen molar-refractivity contribution in [3.8, 4) is 0 Å². The third kappa shape index (κ3) is 2.99. The predicted molar refractivity (Wildman–Crippen MR) is 84.3 cm³/mol. The fourth-order valence-corrected chi connectivity index (χ4v) is 2.85. The summed E-state index contributed by atoms with van der Waals surface area (Å²) in [4.78, 5) is 1.08. The molecule has 2 heterocycles. The molecule has 2 aromatic heterocycles. The molecule has 0 N–H and O–H groups in total. The lowest BCUT2D eigenvalue weighted by molar-refractivity contribution is 0.493. The van der Waals surface area contributed by atoms with Crippen LogP contribution in [-0.4, -0.2) is 10.2 Å². The largest absolute Gasteiger partial charge is 0.417 e. The van der Waals surface area contributed by atoms with E-state index in [-0.39, 0.29) is 5.89 Å². The lowest BCUT2D eigenvalue weighted by Gasteiger charge is -2.01. The van der Waals surface area contributed by atoms with Crippen LogP contribution in [0.25, 0.3) is 22.2 Å². The molecule has 20 heavy (non-hydrogen) atoms. The molecule has 0 saturated carbocycles. The fourth-order valence-electron chi connectivity index (χ4n) is 1.65. The normalized spacial score (nSPS) is 12.6. The predicted octanol–water partition coefficient (Wildman–Crippen LogP) is 5.28. The van der Waals surface area contributed by atoms with Crippen LogP contribution >= 0.6 is 46.1 Å². The molecule has 3 nitrogen and oxygen atoms in total. The van der Waals surface area contributed by atoms with E-state index in [0.717, 1.165) is 4.88 Å². The summed E-state index contributed by atoms with van der Waals surface area (Å²) in [5.74, 6) is 0.252. The molecule has 0 bridgehead atoms. The van der Waals surface area contributed by atoms with Crippen molar-refractivity contribution in [2.45, 2.75) is 3.79 Å². The number of benzene rings is 1. The quantitative estimate of drug-likeness (QED) is 0.593. The first kappa shape index (κ1) is 13.9. The van der Waals surface area contributed by atoms with Gasteiger partial charge in [0, 0.05) is 15.7 Å². The van der Waals surface area contributed by atoms with Gasteiger partial charge in [-0.25, -0.2) is 0 Å². The number of fused-ring (bicyclic) bond motifs is 1. The molecule has 0 saturated heterocycles. The maximum Gasteiger partial charge on any atom is 0.268 e. The number of halogens is 3. The number of rotatable bonds is 2. The Labute approximate surface area is 133 Å². The highest BCUT2D eigenvalue weighted by Gasteiger charge is 2.29.